The van der Waals surface area contributed by atoms with E-state index >= 15 is 0 Å². The summed E-state index contributed by atoms with van der Waals surface area (Å²) in [4.78, 5) is 42.6. The van der Waals surface area contributed by atoms with Gasteiger partial charge >= 0.3 is 6.03 Å². The molecule has 2 fully saturated rings. The highest BCUT2D eigenvalue weighted by Crippen LogP contribution is 2.39. The number of anilines is 2. The van der Waals surface area contributed by atoms with E-state index in [1.807, 2.05) is 0 Å². The van der Waals surface area contributed by atoms with Crippen LogP contribution in [0.3, 0.4) is 0 Å². The lowest BCUT2D eigenvalue weighted by atomic mass is 9.81. The van der Waals surface area contributed by atoms with Crippen molar-refractivity contribution in [1.29, 1.82) is 0 Å². The summed E-state index contributed by atoms with van der Waals surface area (Å²) in [6, 6.07) is 12.9. The summed E-state index contributed by atoms with van der Waals surface area (Å²) >= 11 is 9.74. The minimum Gasteiger partial charge on any atom is -0.495 e. The van der Waals surface area contributed by atoms with Crippen molar-refractivity contribution < 1.29 is 19.1 Å². The Morgan fingerprint density at radius 3 is 2.72 bits per heavy atom. The second-order valence-electron chi connectivity index (χ2n) is 7.90. The first-order chi connectivity index (χ1) is 15.4. The van der Waals surface area contributed by atoms with E-state index in [4.69, 9.17) is 16.3 Å². The van der Waals surface area contributed by atoms with Gasteiger partial charge in [0.05, 0.1) is 24.4 Å². The summed E-state index contributed by atoms with van der Waals surface area (Å²) < 4.78 is 5.29. The van der Waals surface area contributed by atoms with Gasteiger partial charge in [0.1, 0.15) is 12.3 Å². The smallest absolute Gasteiger partial charge is 0.332 e. The molecule has 1 aliphatic carbocycles. The molecule has 32 heavy (non-hydrogen) atoms. The normalized spacial score (nSPS) is 23.0. The Bertz CT molecular complexity index is 1050. The molecule has 0 aromatic heterocycles. The average Bonchev–Trinajstić information content (AvgIpc) is 2.77. The summed E-state index contributed by atoms with van der Waals surface area (Å²) in [5.41, 5.74) is 0.922. The molecule has 4 amide bonds. The van der Waals surface area contributed by atoms with E-state index < -0.39 is 11.9 Å². The highest BCUT2D eigenvalue weighted by Gasteiger charge is 2.49. The molecule has 1 saturated heterocycles. The van der Waals surface area contributed by atoms with Gasteiger partial charge < -0.3 is 15.0 Å². The Hall–Kier alpha value is -2.58. The van der Waals surface area contributed by atoms with Gasteiger partial charge in [0, 0.05) is 15.9 Å². The molecule has 168 valence electrons. The molecule has 7 nitrogen and oxygen atoms in total. The van der Waals surface area contributed by atoms with Crippen molar-refractivity contribution in [2.75, 3.05) is 23.9 Å². The number of para-hydroxylation sites is 2. The zero-order valence-corrected chi connectivity index (χ0v) is 19.8. The van der Waals surface area contributed by atoms with Crippen molar-refractivity contribution in [1.82, 2.24) is 4.90 Å². The van der Waals surface area contributed by atoms with Crippen molar-refractivity contribution in [2.24, 2.45) is 5.92 Å². The number of fused-ring (bicyclic) bond motifs is 1. The van der Waals surface area contributed by atoms with Gasteiger partial charge in [-0.1, -0.05) is 45.7 Å². The van der Waals surface area contributed by atoms with E-state index in [1.54, 1.807) is 48.5 Å². The third-order valence-corrected chi connectivity index (χ3v) is 6.95. The molecular weight excluding hydrogens is 498 g/mol. The summed E-state index contributed by atoms with van der Waals surface area (Å²) in [5, 5.41) is 3.24. The number of carbonyl (C=O) groups is 3. The van der Waals surface area contributed by atoms with E-state index in [0.29, 0.717) is 35.0 Å². The van der Waals surface area contributed by atoms with Crippen LogP contribution in [-0.4, -0.2) is 47.3 Å². The van der Waals surface area contributed by atoms with Crippen LogP contribution in [0.5, 0.6) is 5.75 Å². The first-order valence-electron chi connectivity index (χ1n) is 10.4. The maximum Gasteiger partial charge on any atom is 0.332 e. The minimum atomic E-state index is -0.512. The number of carbonyl (C=O) groups excluding carboxylic acids is 3. The fourth-order valence-corrected chi connectivity index (χ4v) is 5.25. The Kier molecular flexibility index (Phi) is 6.71. The van der Waals surface area contributed by atoms with Crippen LogP contribution in [0, 0.1) is 5.92 Å². The lowest BCUT2D eigenvalue weighted by Gasteiger charge is -2.47. The number of urea groups is 1. The molecule has 2 aromatic carbocycles. The van der Waals surface area contributed by atoms with Crippen molar-refractivity contribution >= 4 is 56.8 Å². The van der Waals surface area contributed by atoms with Gasteiger partial charge in [-0.2, -0.15) is 0 Å². The van der Waals surface area contributed by atoms with Crippen LogP contribution in [0.15, 0.2) is 48.5 Å². The number of imide groups is 1. The number of amides is 4. The van der Waals surface area contributed by atoms with Crippen LogP contribution in [0.25, 0.3) is 0 Å². The van der Waals surface area contributed by atoms with Crippen molar-refractivity contribution in [2.45, 2.75) is 30.1 Å². The van der Waals surface area contributed by atoms with Crippen LogP contribution in [0.4, 0.5) is 16.2 Å². The number of rotatable bonds is 5. The van der Waals surface area contributed by atoms with Gasteiger partial charge in [0.25, 0.3) is 0 Å². The first kappa shape index (κ1) is 22.6. The number of methoxy groups -OCH3 is 1. The summed E-state index contributed by atoms with van der Waals surface area (Å²) in [6.07, 6.45) is 2.06. The second kappa shape index (κ2) is 9.50. The Morgan fingerprint density at radius 1 is 1.19 bits per heavy atom. The van der Waals surface area contributed by atoms with E-state index in [-0.39, 0.29) is 29.2 Å². The number of benzene rings is 2. The number of halogens is 2. The zero-order chi connectivity index (χ0) is 22.8. The fraction of sp³-hybridized carbons (Fsp3) is 0.348. The van der Waals surface area contributed by atoms with Gasteiger partial charge in [0.15, 0.2) is 0 Å². The lowest BCUT2D eigenvalue weighted by molar-refractivity contribution is -0.128. The minimum absolute atomic E-state index is 0.171. The van der Waals surface area contributed by atoms with Gasteiger partial charge in [-0.3, -0.25) is 9.59 Å². The highest BCUT2D eigenvalue weighted by molar-refractivity contribution is 9.09. The van der Waals surface area contributed by atoms with E-state index in [0.717, 1.165) is 11.3 Å². The predicted octanol–water partition coefficient (Wildman–Crippen LogP) is 4.69. The SMILES string of the molecule is COc1ccccc1NC(=O)CN1C(=O)N(c2cccc(Cl)c2)C(=O)C2CC(Br)CCC21. The summed E-state index contributed by atoms with van der Waals surface area (Å²) in [5.74, 6) is -0.487. The van der Waals surface area contributed by atoms with Crippen molar-refractivity contribution in [3.63, 3.8) is 0 Å². The quantitative estimate of drug-likeness (QED) is 0.580. The molecule has 3 atom stereocenters. The van der Waals surface area contributed by atoms with Crippen LogP contribution < -0.4 is 15.0 Å². The monoisotopic (exact) mass is 519 g/mol. The lowest BCUT2D eigenvalue weighted by Crippen LogP contribution is -2.64. The molecule has 1 aliphatic heterocycles. The van der Waals surface area contributed by atoms with Crippen LogP contribution >= 0.6 is 27.5 Å². The standard InChI is InChI=1S/C23H23BrClN3O4/c1-32-20-8-3-2-7-18(20)26-21(29)13-27-19-10-9-14(24)11-17(19)22(30)28(23(27)31)16-6-4-5-15(25)12-16/h2-8,12,14,17,19H,9-11,13H2,1H3,(H,26,29). The van der Waals surface area contributed by atoms with Gasteiger partial charge in [-0.05, 0) is 49.6 Å². The molecule has 1 saturated carbocycles. The summed E-state index contributed by atoms with van der Waals surface area (Å²) in [6.45, 7) is -0.171. The molecule has 4 rings (SSSR count). The maximum absolute atomic E-state index is 13.5. The molecule has 2 aromatic rings. The molecular formula is C23H23BrClN3O4. The van der Waals surface area contributed by atoms with E-state index in [2.05, 4.69) is 21.2 Å². The van der Waals surface area contributed by atoms with Gasteiger partial charge in [-0.15, -0.1) is 0 Å². The van der Waals surface area contributed by atoms with E-state index in [1.165, 1.54) is 12.0 Å². The van der Waals surface area contributed by atoms with Crippen LogP contribution in [0.2, 0.25) is 5.02 Å². The Balaban J connectivity index is 1.62. The molecule has 3 unspecified atom stereocenters. The van der Waals surface area contributed by atoms with Crippen molar-refractivity contribution in [3.8, 4) is 5.75 Å². The van der Waals surface area contributed by atoms with E-state index in [9.17, 15) is 14.4 Å². The number of nitrogens with zero attached hydrogens (tertiary/aromatic N) is 2. The molecule has 0 radical (unpaired) electrons. The third-order valence-electron chi connectivity index (χ3n) is 5.89. The highest BCUT2D eigenvalue weighted by atomic mass is 79.9. The number of hydrogen-bond donors (Lipinski definition) is 1. The molecule has 1 N–H and O–H groups in total. The molecule has 2 aliphatic rings. The predicted molar refractivity (Wildman–Crippen MR) is 127 cm³/mol. The van der Waals surface area contributed by atoms with Gasteiger partial charge in [0.2, 0.25) is 11.8 Å². The first-order valence-corrected chi connectivity index (χ1v) is 11.7. The number of alkyl halides is 1. The Morgan fingerprint density at radius 2 is 1.97 bits per heavy atom. The molecule has 9 heteroatoms. The summed E-state index contributed by atoms with van der Waals surface area (Å²) in [7, 11) is 1.52. The molecule has 1 heterocycles. The Labute approximate surface area is 199 Å². The molecule has 0 bridgehead atoms. The third kappa shape index (κ3) is 4.47. The van der Waals surface area contributed by atoms with Crippen LogP contribution in [0.1, 0.15) is 19.3 Å². The van der Waals surface area contributed by atoms with Crippen LogP contribution in [-0.2, 0) is 9.59 Å². The van der Waals surface area contributed by atoms with Crippen molar-refractivity contribution in [3.05, 3.63) is 53.6 Å². The number of ether oxygens (including phenoxy) is 1. The fourth-order valence-electron chi connectivity index (χ4n) is 4.40. The number of nitrogens with one attached hydrogen (secondary N) is 1. The molecule has 0 spiro atoms. The maximum atomic E-state index is 13.5. The largest absolute Gasteiger partial charge is 0.495 e. The zero-order valence-electron chi connectivity index (χ0n) is 17.5. The average molecular weight is 521 g/mol. The second-order valence-corrected chi connectivity index (χ2v) is 9.63. The van der Waals surface area contributed by atoms with Gasteiger partial charge in [-0.25, -0.2) is 9.69 Å². The topological polar surface area (TPSA) is 79.0 Å². The number of hydrogen-bond acceptors (Lipinski definition) is 4.